The summed E-state index contributed by atoms with van der Waals surface area (Å²) in [6.45, 7) is 2.79. The molecule has 2 rings (SSSR count). The molecule has 1 atom stereocenters. The zero-order valence-corrected chi connectivity index (χ0v) is 9.05. The molecule has 2 nitrogen and oxygen atoms in total. The van der Waals surface area contributed by atoms with E-state index in [1.165, 1.54) is 10.5 Å². The summed E-state index contributed by atoms with van der Waals surface area (Å²) in [5.74, 6) is 0.520. The smallest absolute Gasteiger partial charge is 0.0801 e. The van der Waals surface area contributed by atoms with Crippen LogP contribution in [0.25, 0.3) is 5.57 Å². The van der Waals surface area contributed by atoms with Gasteiger partial charge in [0.05, 0.1) is 16.1 Å². The van der Waals surface area contributed by atoms with E-state index in [4.69, 9.17) is 5.73 Å². The molecule has 1 aromatic heterocycles. The third-order valence-electron chi connectivity index (χ3n) is 2.50. The maximum Gasteiger partial charge on any atom is 0.0801 e. The number of nitrogens with two attached hydrogens (primary N) is 1. The third kappa shape index (κ3) is 1.79. The van der Waals surface area contributed by atoms with Gasteiger partial charge in [-0.3, -0.25) is 0 Å². The van der Waals surface area contributed by atoms with Crippen LogP contribution in [0, 0.1) is 12.8 Å². The van der Waals surface area contributed by atoms with Crippen molar-refractivity contribution in [3.8, 4) is 0 Å². The number of hydrogen-bond acceptors (Lipinski definition) is 3. The van der Waals surface area contributed by atoms with Gasteiger partial charge in [-0.1, -0.05) is 18.2 Å². The van der Waals surface area contributed by atoms with Crippen molar-refractivity contribution in [2.45, 2.75) is 13.3 Å². The summed E-state index contributed by atoms with van der Waals surface area (Å²) in [5.41, 5.74) is 9.93. The molecule has 74 valence electrons. The summed E-state index contributed by atoms with van der Waals surface area (Å²) in [6, 6.07) is 0. The monoisotopic (exact) mass is 206 g/mol. The first-order valence-electron chi connectivity index (χ1n) is 4.80. The van der Waals surface area contributed by atoms with Crippen molar-refractivity contribution in [3.63, 3.8) is 0 Å². The minimum absolute atomic E-state index is 0.520. The second-order valence-corrected chi connectivity index (χ2v) is 4.37. The number of aryl methyl sites for hydroxylation is 1. The van der Waals surface area contributed by atoms with Gasteiger partial charge < -0.3 is 5.73 Å². The zero-order valence-electron chi connectivity index (χ0n) is 8.23. The highest BCUT2D eigenvalue weighted by atomic mass is 32.1. The standard InChI is InChI=1S/C11H14N2S/c1-8-11(14-7-13-8)10-4-2-9(6-12)3-5-10/h2,4-5,7,9H,3,6,12H2,1H3. The lowest BCUT2D eigenvalue weighted by Gasteiger charge is -2.13. The Balaban J connectivity index is 2.20. The molecule has 0 saturated heterocycles. The summed E-state index contributed by atoms with van der Waals surface area (Å²) in [7, 11) is 0. The molecule has 0 aromatic carbocycles. The van der Waals surface area contributed by atoms with Crippen LogP contribution in [0.3, 0.4) is 0 Å². The second kappa shape index (κ2) is 4.07. The molecule has 0 radical (unpaired) electrons. The molecule has 1 aliphatic carbocycles. The van der Waals surface area contributed by atoms with Crippen molar-refractivity contribution in [1.29, 1.82) is 0 Å². The average Bonchev–Trinajstić information content (AvgIpc) is 2.65. The van der Waals surface area contributed by atoms with Crippen molar-refractivity contribution < 1.29 is 0 Å². The number of aromatic nitrogens is 1. The minimum Gasteiger partial charge on any atom is -0.330 e. The highest BCUT2D eigenvalue weighted by Crippen LogP contribution is 2.28. The molecule has 3 heteroatoms. The predicted octanol–water partition coefficient (Wildman–Crippen LogP) is 2.37. The van der Waals surface area contributed by atoms with Crippen LogP contribution in [0.2, 0.25) is 0 Å². The van der Waals surface area contributed by atoms with E-state index in [2.05, 4.69) is 30.1 Å². The molecule has 0 aliphatic heterocycles. The van der Waals surface area contributed by atoms with Crippen LogP contribution in [-0.4, -0.2) is 11.5 Å². The van der Waals surface area contributed by atoms with Gasteiger partial charge in [0.2, 0.25) is 0 Å². The summed E-state index contributed by atoms with van der Waals surface area (Å²) >= 11 is 1.70. The van der Waals surface area contributed by atoms with E-state index < -0.39 is 0 Å². The van der Waals surface area contributed by atoms with Crippen molar-refractivity contribution in [3.05, 3.63) is 34.3 Å². The van der Waals surface area contributed by atoms with Crippen molar-refractivity contribution in [2.24, 2.45) is 11.7 Å². The Kier molecular flexibility index (Phi) is 2.79. The number of hydrogen-bond donors (Lipinski definition) is 1. The first-order chi connectivity index (χ1) is 6.81. The second-order valence-electron chi connectivity index (χ2n) is 3.52. The molecular formula is C11H14N2S. The fourth-order valence-corrected chi connectivity index (χ4v) is 2.41. The molecule has 0 bridgehead atoms. The maximum absolute atomic E-state index is 5.61. The Bertz CT molecular complexity index is 376. The highest BCUT2D eigenvalue weighted by molar-refractivity contribution is 7.11. The molecule has 0 spiro atoms. The number of rotatable bonds is 2. The first kappa shape index (κ1) is 9.62. The number of nitrogens with zero attached hydrogens (tertiary/aromatic N) is 1. The van der Waals surface area contributed by atoms with Gasteiger partial charge in [0.25, 0.3) is 0 Å². The first-order valence-corrected chi connectivity index (χ1v) is 5.68. The van der Waals surface area contributed by atoms with Gasteiger partial charge in [0, 0.05) is 0 Å². The van der Waals surface area contributed by atoms with Crippen molar-refractivity contribution in [2.75, 3.05) is 6.54 Å². The van der Waals surface area contributed by atoms with Crippen LogP contribution < -0.4 is 5.73 Å². The van der Waals surface area contributed by atoms with Gasteiger partial charge in [0.1, 0.15) is 0 Å². The van der Waals surface area contributed by atoms with Crippen LogP contribution >= 0.6 is 11.3 Å². The summed E-state index contributed by atoms with van der Waals surface area (Å²) < 4.78 is 0. The zero-order chi connectivity index (χ0) is 9.97. The van der Waals surface area contributed by atoms with E-state index in [1.54, 1.807) is 11.3 Å². The molecule has 1 heterocycles. The Morgan fingerprint density at radius 2 is 2.50 bits per heavy atom. The van der Waals surface area contributed by atoms with Gasteiger partial charge in [-0.15, -0.1) is 11.3 Å². The average molecular weight is 206 g/mol. The molecule has 2 N–H and O–H groups in total. The predicted molar refractivity (Wildman–Crippen MR) is 61.1 cm³/mol. The normalized spacial score (nSPS) is 21.0. The van der Waals surface area contributed by atoms with Gasteiger partial charge in [-0.05, 0) is 31.4 Å². The minimum atomic E-state index is 0.520. The molecule has 1 unspecified atom stereocenters. The van der Waals surface area contributed by atoms with E-state index in [0.717, 1.165) is 18.7 Å². The Morgan fingerprint density at radius 1 is 1.64 bits per heavy atom. The highest BCUT2D eigenvalue weighted by Gasteiger charge is 2.10. The topological polar surface area (TPSA) is 38.9 Å². The number of thiazole rings is 1. The van der Waals surface area contributed by atoms with Crippen LogP contribution in [-0.2, 0) is 0 Å². The quantitative estimate of drug-likeness (QED) is 0.806. The van der Waals surface area contributed by atoms with Gasteiger partial charge in [-0.2, -0.15) is 0 Å². The lowest BCUT2D eigenvalue weighted by atomic mass is 9.96. The lowest BCUT2D eigenvalue weighted by Crippen LogP contribution is -2.12. The summed E-state index contributed by atoms with van der Waals surface area (Å²) in [5, 5.41) is 0. The molecular weight excluding hydrogens is 192 g/mol. The molecule has 0 saturated carbocycles. The maximum atomic E-state index is 5.61. The Hall–Kier alpha value is -0.930. The van der Waals surface area contributed by atoms with Crippen LogP contribution in [0.15, 0.2) is 23.7 Å². The van der Waals surface area contributed by atoms with E-state index in [9.17, 15) is 0 Å². The SMILES string of the molecule is Cc1ncsc1C1=CCC(CN)C=C1. The van der Waals surface area contributed by atoms with Crippen molar-refractivity contribution in [1.82, 2.24) is 4.98 Å². The summed E-state index contributed by atoms with van der Waals surface area (Å²) in [4.78, 5) is 5.54. The fraction of sp³-hybridized carbons (Fsp3) is 0.364. The van der Waals surface area contributed by atoms with Crippen LogP contribution in [0.1, 0.15) is 17.0 Å². The molecule has 1 aliphatic rings. The van der Waals surface area contributed by atoms with Crippen LogP contribution in [0.5, 0.6) is 0 Å². The van der Waals surface area contributed by atoms with Gasteiger partial charge >= 0.3 is 0 Å². The fourth-order valence-electron chi connectivity index (χ4n) is 1.59. The van der Waals surface area contributed by atoms with Crippen LogP contribution in [0.4, 0.5) is 0 Å². The van der Waals surface area contributed by atoms with Gasteiger partial charge in [-0.25, -0.2) is 4.98 Å². The van der Waals surface area contributed by atoms with E-state index >= 15 is 0 Å². The molecule has 14 heavy (non-hydrogen) atoms. The third-order valence-corrected chi connectivity index (χ3v) is 3.48. The lowest BCUT2D eigenvalue weighted by molar-refractivity contribution is 0.671. The van der Waals surface area contributed by atoms with E-state index in [1.807, 2.05) is 5.51 Å². The molecule has 0 fully saturated rings. The van der Waals surface area contributed by atoms with Gasteiger partial charge in [0.15, 0.2) is 0 Å². The number of allylic oxidation sites excluding steroid dienone is 3. The van der Waals surface area contributed by atoms with Crippen molar-refractivity contribution >= 4 is 16.9 Å². The van der Waals surface area contributed by atoms with E-state index in [0.29, 0.717) is 5.92 Å². The largest absolute Gasteiger partial charge is 0.330 e. The Labute approximate surface area is 88.2 Å². The Morgan fingerprint density at radius 3 is 3.00 bits per heavy atom. The summed E-state index contributed by atoms with van der Waals surface area (Å²) in [6.07, 6.45) is 7.69. The van der Waals surface area contributed by atoms with E-state index in [-0.39, 0.29) is 0 Å². The molecule has 0 amide bonds. The molecule has 1 aromatic rings.